The van der Waals surface area contributed by atoms with Crippen molar-refractivity contribution in [1.82, 2.24) is 4.90 Å². The molecule has 1 aliphatic heterocycles. The van der Waals surface area contributed by atoms with E-state index in [2.05, 4.69) is 0 Å². The van der Waals surface area contributed by atoms with E-state index in [1.807, 2.05) is 0 Å². The average Bonchev–Trinajstić information content (AvgIpc) is 3.17. The molecule has 0 saturated carbocycles. The first-order chi connectivity index (χ1) is 12.5. The van der Waals surface area contributed by atoms with Crippen molar-refractivity contribution in [2.24, 2.45) is 0 Å². The fraction of sp³-hybridized carbons (Fsp3) is 0.222. The SMILES string of the molecule is COCCCN1C(=O)/C(=C/c2ccc(-c3cc(Cl)ccc3Cl)o2)SC1=S. The molecule has 1 saturated heterocycles. The second-order valence-corrected chi connectivity index (χ2v) is 8.03. The van der Waals surface area contributed by atoms with Gasteiger partial charge in [0.25, 0.3) is 5.91 Å². The van der Waals surface area contributed by atoms with Gasteiger partial charge >= 0.3 is 0 Å². The van der Waals surface area contributed by atoms with E-state index in [1.54, 1.807) is 48.4 Å². The summed E-state index contributed by atoms with van der Waals surface area (Å²) in [6.07, 6.45) is 2.42. The Morgan fingerprint density at radius 2 is 2.12 bits per heavy atom. The number of furan rings is 1. The molecule has 0 spiro atoms. The Morgan fingerprint density at radius 1 is 1.31 bits per heavy atom. The minimum absolute atomic E-state index is 0.116. The second-order valence-electron chi connectivity index (χ2n) is 5.51. The molecule has 4 nitrogen and oxygen atoms in total. The second kappa shape index (κ2) is 8.59. The number of hydrogen-bond donors (Lipinski definition) is 0. The maximum atomic E-state index is 12.5. The molecule has 0 N–H and O–H groups in total. The molecule has 1 amide bonds. The molecule has 0 radical (unpaired) electrons. The summed E-state index contributed by atoms with van der Waals surface area (Å²) in [4.78, 5) is 14.6. The highest BCUT2D eigenvalue weighted by Crippen LogP contribution is 2.35. The summed E-state index contributed by atoms with van der Waals surface area (Å²) < 4.78 is 11.4. The van der Waals surface area contributed by atoms with Crippen LogP contribution >= 0.6 is 47.2 Å². The molecule has 1 aliphatic rings. The number of methoxy groups -OCH3 is 1. The molecular weight excluding hydrogens is 413 g/mol. The van der Waals surface area contributed by atoms with Crippen molar-refractivity contribution in [3.63, 3.8) is 0 Å². The van der Waals surface area contributed by atoms with Crippen molar-refractivity contribution in [3.05, 3.63) is 51.0 Å². The van der Waals surface area contributed by atoms with Crippen LogP contribution in [0.5, 0.6) is 0 Å². The van der Waals surface area contributed by atoms with E-state index in [1.165, 1.54) is 11.8 Å². The number of thioether (sulfide) groups is 1. The van der Waals surface area contributed by atoms with Gasteiger partial charge < -0.3 is 9.15 Å². The van der Waals surface area contributed by atoms with Crippen LogP contribution in [-0.4, -0.2) is 35.4 Å². The third kappa shape index (κ3) is 4.32. The number of ether oxygens (including phenoxy) is 1. The fourth-order valence-corrected chi connectivity index (χ4v) is 4.12. The Morgan fingerprint density at radius 3 is 2.88 bits per heavy atom. The minimum Gasteiger partial charge on any atom is -0.457 e. The lowest BCUT2D eigenvalue weighted by Gasteiger charge is -2.13. The first kappa shape index (κ1) is 19.5. The van der Waals surface area contributed by atoms with Crippen molar-refractivity contribution in [3.8, 4) is 11.3 Å². The predicted octanol–water partition coefficient (Wildman–Crippen LogP) is 5.49. The van der Waals surface area contributed by atoms with Gasteiger partial charge in [-0.25, -0.2) is 0 Å². The lowest BCUT2D eigenvalue weighted by Crippen LogP contribution is -2.29. The van der Waals surface area contributed by atoms with Gasteiger partial charge in [0.2, 0.25) is 0 Å². The zero-order valence-corrected chi connectivity index (χ0v) is 17.0. The van der Waals surface area contributed by atoms with Crippen molar-refractivity contribution in [2.75, 3.05) is 20.3 Å². The molecule has 1 aromatic carbocycles. The number of nitrogens with zero attached hydrogens (tertiary/aromatic N) is 1. The van der Waals surface area contributed by atoms with Crippen LogP contribution in [0, 0.1) is 0 Å². The van der Waals surface area contributed by atoms with Crippen molar-refractivity contribution in [1.29, 1.82) is 0 Å². The van der Waals surface area contributed by atoms with Crippen molar-refractivity contribution in [2.45, 2.75) is 6.42 Å². The standard InChI is InChI=1S/C18H15Cl2NO3S2/c1-23-8-2-7-21-17(22)16(26-18(21)25)10-12-4-6-15(24-12)13-9-11(19)3-5-14(13)20/h3-6,9-10H,2,7-8H2,1H3/b16-10-. The summed E-state index contributed by atoms with van der Waals surface area (Å²) in [5, 5.41) is 1.11. The summed E-state index contributed by atoms with van der Waals surface area (Å²) in [5.74, 6) is 1.02. The number of amides is 1. The molecule has 0 atom stereocenters. The average molecular weight is 428 g/mol. The Labute approximate surface area is 171 Å². The first-order valence-electron chi connectivity index (χ1n) is 7.79. The largest absolute Gasteiger partial charge is 0.457 e. The van der Waals surface area contributed by atoms with Gasteiger partial charge in [0.1, 0.15) is 15.8 Å². The Hall–Kier alpha value is -1.31. The molecule has 8 heteroatoms. The van der Waals surface area contributed by atoms with Gasteiger partial charge in [0, 0.05) is 36.9 Å². The van der Waals surface area contributed by atoms with E-state index in [0.29, 0.717) is 49.5 Å². The van der Waals surface area contributed by atoms with Crippen molar-refractivity contribution < 1.29 is 13.9 Å². The summed E-state index contributed by atoms with van der Waals surface area (Å²) >= 11 is 18.8. The highest BCUT2D eigenvalue weighted by Gasteiger charge is 2.31. The Bertz CT molecular complexity index is 879. The van der Waals surface area contributed by atoms with Gasteiger partial charge in [-0.3, -0.25) is 9.69 Å². The van der Waals surface area contributed by atoms with Crippen LogP contribution in [0.15, 0.2) is 39.7 Å². The van der Waals surface area contributed by atoms with Crippen LogP contribution in [0.2, 0.25) is 10.0 Å². The molecule has 3 rings (SSSR count). The molecule has 2 aromatic rings. The number of carbonyl (C=O) groups is 1. The number of rotatable bonds is 6. The number of carbonyl (C=O) groups excluding carboxylic acids is 1. The van der Waals surface area contributed by atoms with E-state index in [-0.39, 0.29) is 5.91 Å². The quantitative estimate of drug-likeness (QED) is 0.346. The fourth-order valence-electron chi connectivity index (χ4n) is 2.45. The van der Waals surface area contributed by atoms with E-state index >= 15 is 0 Å². The summed E-state index contributed by atoms with van der Waals surface area (Å²) in [5.41, 5.74) is 0.700. The van der Waals surface area contributed by atoms with Gasteiger partial charge in [-0.1, -0.05) is 47.2 Å². The lowest BCUT2D eigenvalue weighted by molar-refractivity contribution is -0.122. The lowest BCUT2D eigenvalue weighted by atomic mass is 10.2. The van der Waals surface area contributed by atoms with Crippen molar-refractivity contribution >= 4 is 63.5 Å². The predicted molar refractivity (Wildman–Crippen MR) is 111 cm³/mol. The maximum absolute atomic E-state index is 12.5. The van der Waals surface area contributed by atoms with Gasteiger partial charge in [-0.15, -0.1) is 0 Å². The highest BCUT2D eigenvalue weighted by molar-refractivity contribution is 8.26. The monoisotopic (exact) mass is 427 g/mol. The summed E-state index contributed by atoms with van der Waals surface area (Å²) in [6, 6.07) is 8.74. The van der Waals surface area contributed by atoms with Gasteiger partial charge in [-0.05, 0) is 36.8 Å². The Balaban J connectivity index is 1.79. The maximum Gasteiger partial charge on any atom is 0.266 e. The van der Waals surface area contributed by atoms with E-state index in [4.69, 9.17) is 44.6 Å². The van der Waals surface area contributed by atoms with Crippen LogP contribution in [0.4, 0.5) is 0 Å². The molecule has 0 unspecified atom stereocenters. The molecule has 1 fully saturated rings. The summed E-state index contributed by atoms with van der Waals surface area (Å²) in [6.45, 7) is 1.12. The van der Waals surface area contributed by atoms with Crippen LogP contribution < -0.4 is 0 Å². The smallest absolute Gasteiger partial charge is 0.266 e. The summed E-state index contributed by atoms with van der Waals surface area (Å²) in [7, 11) is 1.63. The van der Waals surface area contributed by atoms with Crippen LogP contribution in [0.25, 0.3) is 17.4 Å². The number of thiocarbonyl (C=S) groups is 1. The number of benzene rings is 1. The third-order valence-electron chi connectivity index (χ3n) is 3.70. The molecule has 1 aromatic heterocycles. The molecule has 0 bridgehead atoms. The Kier molecular flexibility index (Phi) is 6.42. The molecule has 136 valence electrons. The van der Waals surface area contributed by atoms with Gasteiger partial charge in [0.15, 0.2) is 0 Å². The highest BCUT2D eigenvalue weighted by atomic mass is 35.5. The topological polar surface area (TPSA) is 42.7 Å². The van der Waals surface area contributed by atoms with E-state index in [0.717, 1.165) is 6.42 Å². The normalized spacial score (nSPS) is 16.1. The molecule has 26 heavy (non-hydrogen) atoms. The molecule has 0 aliphatic carbocycles. The molecular formula is C18H15Cl2NO3S2. The van der Waals surface area contributed by atoms with Gasteiger partial charge in [0.05, 0.1) is 9.93 Å². The zero-order chi connectivity index (χ0) is 18.7. The van der Waals surface area contributed by atoms with Crippen LogP contribution in [0.1, 0.15) is 12.2 Å². The third-order valence-corrected chi connectivity index (χ3v) is 5.64. The number of hydrogen-bond acceptors (Lipinski definition) is 5. The molecule has 2 heterocycles. The minimum atomic E-state index is -0.116. The van der Waals surface area contributed by atoms with Gasteiger partial charge in [-0.2, -0.15) is 0 Å². The zero-order valence-electron chi connectivity index (χ0n) is 13.8. The van der Waals surface area contributed by atoms with Crippen LogP contribution in [0.3, 0.4) is 0 Å². The first-order valence-corrected chi connectivity index (χ1v) is 9.77. The number of halogens is 2. The van der Waals surface area contributed by atoms with Crippen LogP contribution in [-0.2, 0) is 9.53 Å². The van der Waals surface area contributed by atoms with E-state index < -0.39 is 0 Å². The van der Waals surface area contributed by atoms with E-state index in [9.17, 15) is 4.79 Å².